The standard InChI is InChI=1S/C25H32Cl2N4O.C2H6/c1-3-22-17-30(25-24(27)14-20(15-28-25)18(2)32)12-13-31(22)23-8-10-29(11-9-23)16-19-4-6-21(26)7-5-19;1-2/h4-7,14-15,22-23H,3,8-13,16-17H2,1-2H3;1-2H3/t22-;/m0./s1. The minimum atomic E-state index is -0.00962. The molecule has 1 aromatic carbocycles. The molecule has 34 heavy (non-hydrogen) atoms. The third-order valence-corrected chi connectivity index (χ3v) is 7.40. The number of nitrogens with zero attached hydrogens (tertiary/aromatic N) is 4. The number of aromatic nitrogens is 1. The average Bonchev–Trinajstić information content (AvgIpc) is 2.86. The number of halogens is 2. The summed E-state index contributed by atoms with van der Waals surface area (Å²) in [6.07, 6.45) is 5.16. The van der Waals surface area contributed by atoms with Crippen LogP contribution < -0.4 is 4.90 Å². The second-order valence-electron chi connectivity index (χ2n) is 8.97. The number of piperidine rings is 1. The van der Waals surface area contributed by atoms with Crippen molar-refractivity contribution < 1.29 is 4.79 Å². The molecular formula is C27H38Cl2N4O. The largest absolute Gasteiger partial charge is 0.353 e. The maximum Gasteiger partial charge on any atom is 0.161 e. The zero-order valence-electron chi connectivity index (χ0n) is 20.9. The minimum absolute atomic E-state index is 0.00962. The zero-order valence-corrected chi connectivity index (χ0v) is 22.4. The van der Waals surface area contributed by atoms with Crippen molar-refractivity contribution in [3.63, 3.8) is 0 Å². The van der Waals surface area contributed by atoms with Crippen molar-refractivity contribution in [2.24, 2.45) is 0 Å². The highest BCUT2D eigenvalue weighted by Crippen LogP contribution is 2.30. The number of Topliss-reactive ketones (excluding diaryl/α,β-unsaturated/α-hetero) is 1. The summed E-state index contributed by atoms with van der Waals surface area (Å²) in [5.41, 5.74) is 1.89. The van der Waals surface area contributed by atoms with Crippen LogP contribution in [0.25, 0.3) is 0 Å². The van der Waals surface area contributed by atoms with Gasteiger partial charge in [0.2, 0.25) is 0 Å². The molecule has 0 bridgehead atoms. The molecule has 0 spiro atoms. The Morgan fingerprint density at radius 2 is 1.74 bits per heavy atom. The van der Waals surface area contributed by atoms with E-state index < -0.39 is 0 Å². The first kappa shape index (κ1) is 26.9. The summed E-state index contributed by atoms with van der Waals surface area (Å²) in [5.74, 6) is 0.789. The second kappa shape index (κ2) is 12.9. The maximum absolute atomic E-state index is 11.6. The molecule has 0 saturated carbocycles. The van der Waals surface area contributed by atoms with Gasteiger partial charge in [0.05, 0.1) is 5.02 Å². The van der Waals surface area contributed by atoms with Gasteiger partial charge in [-0.3, -0.25) is 14.6 Å². The van der Waals surface area contributed by atoms with Crippen molar-refractivity contribution in [3.8, 4) is 0 Å². The SMILES string of the molecule is CC.CC[C@H]1CN(c2ncc(C(C)=O)cc2Cl)CCN1C1CCN(Cc2ccc(Cl)cc2)CC1. The lowest BCUT2D eigenvalue weighted by molar-refractivity contribution is 0.0610. The number of piperazine rings is 1. The minimum Gasteiger partial charge on any atom is -0.353 e. The van der Waals surface area contributed by atoms with Crippen molar-refractivity contribution >= 4 is 34.8 Å². The van der Waals surface area contributed by atoms with E-state index in [0.717, 1.165) is 56.5 Å². The molecule has 2 aliphatic rings. The van der Waals surface area contributed by atoms with Gasteiger partial charge in [-0.2, -0.15) is 0 Å². The fraction of sp³-hybridized carbons (Fsp3) is 0.556. The van der Waals surface area contributed by atoms with Crippen LogP contribution in [0.4, 0.5) is 5.82 Å². The molecule has 2 aromatic rings. The summed E-state index contributed by atoms with van der Waals surface area (Å²) in [6, 6.07) is 11.1. The van der Waals surface area contributed by atoms with E-state index in [9.17, 15) is 4.79 Å². The Morgan fingerprint density at radius 3 is 2.32 bits per heavy atom. The lowest BCUT2D eigenvalue weighted by Gasteiger charge is -2.47. The van der Waals surface area contributed by atoms with Crippen molar-refractivity contribution in [2.45, 2.75) is 65.6 Å². The number of benzene rings is 1. The highest BCUT2D eigenvalue weighted by Gasteiger charge is 2.34. The van der Waals surface area contributed by atoms with Gasteiger partial charge in [-0.05, 0) is 63.0 Å². The Kier molecular flexibility index (Phi) is 10.2. The van der Waals surface area contributed by atoms with Crippen molar-refractivity contribution in [2.75, 3.05) is 37.6 Å². The van der Waals surface area contributed by atoms with Gasteiger partial charge in [0.1, 0.15) is 5.82 Å². The van der Waals surface area contributed by atoms with E-state index in [2.05, 4.69) is 38.7 Å². The number of hydrogen-bond donors (Lipinski definition) is 0. The molecule has 3 heterocycles. The first-order valence-corrected chi connectivity index (χ1v) is 13.3. The highest BCUT2D eigenvalue weighted by atomic mass is 35.5. The molecule has 5 nitrogen and oxygen atoms in total. The first-order valence-electron chi connectivity index (χ1n) is 12.6. The third kappa shape index (κ3) is 6.72. The molecule has 2 saturated heterocycles. The zero-order chi connectivity index (χ0) is 24.7. The molecule has 0 N–H and O–H groups in total. The number of hydrogen-bond acceptors (Lipinski definition) is 5. The van der Waals surface area contributed by atoms with Crippen LogP contribution in [-0.2, 0) is 6.54 Å². The lowest BCUT2D eigenvalue weighted by atomic mass is 9.98. The van der Waals surface area contributed by atoms with E-state index in [-0.39, 0.29) is 5.78 Å². The number of ketones is 1. The number of rotatable bonds is 6. The summed E-state index contributed by atoms with van der Waals surface area (Å²) in [4.78, 5) is 23.7. The van der Waals surface area contributed by atoms with E-state index in [1.54, 1.807) is 19.2 Å². The molecule has 0 unspecified atom stereocenters. The fourth-order valence-corrected chi connectivity index (χ4v) is 5.43. The monoisotopic (exact) mass is 504 g/mol. The van der Waals surface area contributed by atoms with Gasteiger partial charge in [0.25, 0.3) is 0 Å². The van der Waals surface area contributed by atoms with Gasteiger partial charge >= 0.3 is 0 Å². The smallest absolute Gasteiger partial charge is 0.161 e. The molecule has 0 radical (unpaired) electrons. The first-order chi connectivity index (χ1) is 16.4. The molecule has 4 rings (SSSR count). The van der Waals surface area contributed by atoms with Gasteiger partial charge in [0, 0.05) is 55.0 Å². The molecule has 2 aliphatic heterocycles. The fourth-order valence-electron chi connectivity index (χ4n) is 5.02. The van der Waals surface area contributed by atoms with Crippen LogP contribution in [0.2, 0.25) is 10.0 Å². The van der Waals surface area contributed by atoms with E-state index in [1.165, 1.54) is 18.4 Å². The maximum atomic E-state index is 11.6. The number of pyridine rings is 1. The van der Waals surface area contributed by atoms with Gasteiger partial charge in [0.15, 0.2) is 5.78 Å². The summed E-state index contributed by atoms with van der Waals surface area (Å²) in [7, 11) is 0. The molecule has 0 amide bonds. The Hall–Kier alpha value is -1.66. The Morgan fingerprint density at radius 1 is 1.06 bits per heavy atom. The van der Waals surface area contributed by atoms with E-state index in [1.807, 2.05) is 26.0 Å². The van der Waals surface area contributed by atoms with Crippen LogP contribution >= 0.6 is 23.2 Å². The van der Waals surface area contributed by atoms with E-state index in [0.29, 0.717) is 22.7 Å². The predicted octanol–water partition coefficient (Wildman–Crippen LogP) is 6.18. The number of carbonyl (C=O) groups excluding carboxylic acids is 1. The molecule has 2 fully saturated rings. The van der Waals surface area contributed by atoms with Gasteiger partial charge in [-0.25, -0.2) is 4.98 Å². The normalized spacial score (nSPS) is 20.1. The van der Waals surface area contributed by atoms with Crippen LogP contribution in [0, 0.1) is 0 Å². The van der Waals surface area contributed by atoms with Crippen molar-refractivity contribution in [3.05, 3.63) is 57.7 Å². The third-order valence-electron chi connectivity index (χ3n) is 6.87. The predicted molar refractivity (Wildman–Crippen MR) is 143 cm³/mol. The van der Waals surface area contributed by atoms with Crippen molar-refractivity contribution in [1.29, 1.82) is 0 Å². The molecular weight excluding hydrogens is 467 g/mol. The Labute approximate surface area is 215 Å². The molecule has 186 valence electrons. The quantitative estimate of drug-likeness (QED) is 0.439. The van der Waals surface area contributed by atoms with E-state index >= 15 is 0 Å². The highest BCUT2D eigenvalue weighted by molar-refractivity contribution is 6.33. The molecule has 7 heteroatoms. The van der Waals surface area contributed by atoms with Gasteiger partial charge in [-0.15, -0.1) is 0 Å². The van der Waals surface area contributed by atoms with Crippen LogP contribution in [0.5, 0.6) is 0 Å². The number of carbonyl (C=O) groups is 1. The lowest BCUT2D eigenvalue weighted by Crippen LogP contribution is -2.58. The van der Waals surface area contributed by atoms with Gasteiger partial charge in [-0.1, -0.05) is 56.1 Å². The van der Waals surface area contributed by atoms with E-state index in [4.69, 9.17) is 23.2 Å². The molecule has 1 atom stereocenters. The average molecular weight is 506 g/mol. The number of likely N-dealkylation sites (tertiary alicyclic amines) is 1. The summed E-state index contributed by atoms with van der Waals surface area (Å²) < 4.78 is 0. The molecule has 0 aliphatic carbocycles. The second-order valence-corrected chi connectivity index (χ2v) is 9.81. The Balaban J connectivity index is 0.00000158. The Bertz CT molecular complexity index is 929. The topological polar surface area (TPSA) is 39.7 Å². The van der Waals surface area contributed by atoms with Crippen LogP contribution in [0.1, 0.15) is 62.9 Å². The molecule has 1 aromatic heterocycles. The van der Waals surface area contributed by atoms with Crippen LogP contribution in [0.15, 0.2) is 36.5 Å². The van der Waals surface area contributed by atoms with Crippen LogP contribution in [0.3, 0.4) is 0 Å². The number of anilines is 1. The van der Waals surface area contributed by atoms with Crippen LogP contribution in [-0.4, -0.2) is 65.4 Å². The summed E-state index contributed by atoms with van der Waals surface area (Å²) >= 11 is 12.5. The van der Waals surface area contributed by atoms with Gasteiger partial charge < -0.3 is 4.90 Å². The van der Waals surface area contributed by atoms with Crippen molar-refractivity contribution in [1.82, 2.24) is 14.8 Å². The summed E-state index contributed by atoms with van der Waals surface area (Å²) in [6.45, 7) is 13.9. The summed E-state index contributed by atoms with van der Waals surface area (Å²) in [5, 5.41) is 1.36.